The van der Waals surface area contributed by atoms with Gasteiger partial charge in [-0.3, -0.25) is 14.5 Å². The highest BCUT2D eigenvalue weighted by Crippen LogP contribution is 2.38. The first-order chi connectivity index (χ1) is 13.0. The van der Waals surface area contributed by atoms with Gasteiger partial charge in [-0.05, 0) is 30.7 Å². The number of aryl methyl sites for hydroxylation is 1. The van der Waals surface area contributed by atoms with Crippen LogP contribution in [0, 0.1) is 5.92 Å². The van der Waals surface area contributed by atoms with Crippen molar-refractivity contribution in [3.63, 3.8) is 0 Å². The molecule has 142 valence electrons. The van der Waals surface area contributed by atoms with Crippen molar-refractivity contribution in [2.24, 2.45) is 5.92 Å². The van der Waals surface area contributed by atoms with Crippen molar-refractivity contribution in [1.29, 1.82) is 0 Å². The highest BCUT2D eigenvalue weighted by Gasteiger charge is 2.55. The van der Waals surface area contributed by atoms with Gasteiger partial charge in [0.05, 0.1) is 6.54 Å². The monoisotopic (exact) mass is 367 g/mol. The summed E-state index contributed by atoms with van der Waals surface area (Å²) in [4.78, 5) is 42.8. The number of benzene rings is 1. The van der Waals surface area contributed by atoms with Gasteiger partial charge in [-0.25, -0.2) is 4.79 Å². The van der Waals surface area contributed by atoms with E-state index < -0.39 is 11.6 Å². The fourth-order valence-electron chi connectivity index (χ4n) is 4.61. The summed E-state index contributed by atoms with van der Waals surface area (Å²) in [6.45, 7) is 3.85. The lowest BCUT2D eigenvalue weighted by molar-refractivity contribution is -0.133. The van der Waals surface area contributed by atoms with E-state index in [1.165, 1.54) is 0 Å². The molecule has 2 aliphatic rings. The van der Waals surface area contributed by atoms with Gasteiger partial charge >= 0.3 is 6.03 Å². The minimum atomic E-state index is -0.828. The maximum absolute atomic E-state index is 13.1. The minimum Gasteiger partial charge on any atom is -0.360 e. The molecule has 1 saturated heterocycles. The quantitative estimate of drug-likeness (QED) is 0.642. The molecule has 2 fully saturated rings. The molecular weight excluding hydrogens is 342 g/mol. The Kier molecular flexibility index (Phi) is 4.29. The fourth-order valence-corrected chi connectivity index (χ4v) is 4.61. The Labute approximate surface area is 158 Å². The van der Waals surface area contributed by atoms with Crippen molar-refractivity contribution in [3.05, 3.63) is 35.5 Å². The predicted molar refractivity (Wildman–Crippen MR) is 103 cm³/mol. The van der Waals surface area contributed by atoms with Crippen LogP contribution in [0.25, 0.3) is 10.9 Å². The highest BCUT2D eigenvalue weighted by molar-refractivity contribution is 6.14. The summed E-state index contributed by atoms with van der Waals surface area (Å²) in [5.74, 6) is -0.386. The first kappa shape index (κ1) is 17.8. The average molecular weight is 367 g/mol. The third-order valence-electron chi connectivity index (χ3n) is 6.29. The van der Waals surface area contributed by atoms with Gasteiger partial charge in [-0.15, -0.1) is 0 Å². The first-order valence-electron chi connectivity index (χ1n) is 9.74. The van der Waals surface area contributed by atoms with Gasteiger partial charge in [0.1, 0.15) is 5.54 Å². The molecule has 0 unspecified atom stereocenters. The van der Waals surface area contributed by atoms with Crippen molar-refractivity contribution >= 4 is 28.6 Å². The van der Waals surface area contributed by atoms with Gasteiger partial charge in [0.2, 0.25) is 0 Å². The highest BCUT2D eigenvalue weighted by atomic mass is 16.2. The van der Waals surface area contributed by atoms with Crippen LogP contribution in [0.1, 0.15) is 55.5 Å². The third-order valence-corrected chi connectivity index (χ3v) is 6.29. The molecule has 2 atom stereocenters. The van der Waals surface area contributed by atoms with Crippen molar-refractivity contribution < 1.29 is 14.4 Å². The van der Waals surface area contributed by atoms with Crippen molar-refractivity contribution in [2.75, 3.05) is 6.54 Å². The zero-order valence-corrected chi connectivity index (χ0v) is 15.8. The second-order valence-electron chi connectivity index (χ2n) is 7.76. The van der Waals surface area contributed by atoms with Gasteiger partial charge in [0.25, 0.3) is 5.91 Å². The van der Waals surface area contributed by atoms with E-state index in [0.29, 0.717) is 12.0 Å². The Hall–Kier alpha value is -2.63. The number of H-pyrrole nitrogens is 1. The Morgan fingerprint density at radius 3 is 2.85 bits per heavy atom. The van der Waals surface area contributed by atoms with Crippen LogP contribution in [0.15, 0.2) is 24.4 Å². The van der Waals surface area contributed by atoms with Crippen LogP contribution in [0.3, 0.4) is 0 Å². The summed E-state index contributed by atoms with van der Waals surface area (Å²) in [7, 11) is 0. The van der Waals surface area contributed by atoms with Crippen molar-refractivity contribution in [2.45, 2.75) is 51.5 Å². The van der Waals surface area contributed by atoms with E-state index in [1.807, 2.05) is 25.1 Å². The van der Waals surface area contributed by atoms with E-state index in [-0.39, 0.29) is 24.2 Å². The molecule has 0 bridgehead atoms. The van der Waals surface area contributed by atoms with Gasteiger partial charge < -0.3 is 10.3 Å². The zero-order chi connectivity index (χ0) is 19.2. The number of aromatic nitrogens is 1. The summed E-state index contributed by atoms with van der Waals surface area (Å²) in [6, 6.07) is 5.40. The van der Waals surface area contributed by atoms with Crippen molar-refractivity contribution in [1.82, 2.24) is 15.2 Å². The number of para-hydroxylation sites is 1. The average Bonchev–Trinajstić information content (AvgIpc) is 3.20. The number of aromatic amines is 1. The number of hydrogen-bond donors (Lipinski definition) is 2. The van der Waals surface area contributed by atoms with Crippen LogP contribution in [0.2, 0.25) is 0 Å². The number of imide groups is 1. The molecule has 6 heteroatoms. The molecule has 2 heterocycles. The van der Waals surface area contributed by atoms with Crippen LogP contribution in [0.5, 0.6) is 0 Å². The third kappa shape index (κ3) is 2.66. The second-order valence-corrected chi connectivity index (χ2v) is 7.76. The smallest absolute Gasteiger partial charge is 0.325 e. The maximum atomic E-state index is 13.1. The molecule has 1 aromatic carbocycles. The molecule has 1 aromatic heterocycles. The maximum Gasteiger partial charge on any atom is 0.325 e. The van der Waals surface area contributed by atoms with Crippen molar-refractivity contribution in [3.8, 4) is 0 Å². The van der Waals surface area contributed by atoms with E-state index in [0.717, 1.165) is 47.0 Å². The summed E-state index contributed by atoms with van der Waals surface area (Å²) >= 11 is 0. The first-order valence-corrected chi connectivity index (χ1v) is 9.74. The molecular formula is C21H25N3O3. The number of hydrogen-bond acceptors (Lipinski definition) is 3. The van der Waals surface area contributed by atoms with Crippen LogP contribution >= 0.6 is 0 Å². The summed E-state index contributed by atoms with van der Waals surface area (Å²) in [6.07, 6.45) is 6.09. The molecule has 1 spiro atoms. The Morgan fingerprint density at radius 2 is 2.11 bits per heavy atom. The minimum absolute atomic E-state index is 0.0861. The SMILES string of the molecule is CCc1cccc2c(C(=O)CN3C(=O)N[C@]4(CCCC[C@H]4C)C3=O)c[nH]c12. The summed E-state index contributed by atoms with van der Waals surface area (Å²) in [5.41, 5.74) is 1.78. The fraction of sp³-hybridized carbons (Fsp3) is 0.476. The number of carbonyl (C=O) groups excluding carboxylic acids is 3. The van der Waals surface area contributed by atoms with E-state index in [2.05, 4.69) is 17.2 Å². The molecule has 2 aromatic rings. The number of urea groups is 1. The standard InChI is InChI=1S/C21H25N3O3/c1-3-14-8-6-9-15-16(11-22-18(14)15)17(25)12-24-19(26)21(23-20(24)27)10-5-4-7-13(21)2/h6,8-9,11,13,22H,3-5,7,10,12H2,1-2H3,(H,23,27)/t13-,21+/m1/s1. The van der Waals surface area contributed by atoms with Gasteiger partial charge in [-0.1, -0.05) is 44.9 Å². The molecule has 0 radical (unpaired) electrons. The van der Waals surface area contributed by atoms with Gasteiger partial charge in [0.15, 0.2) is 5.78 Å². The molecule has 1 aliphatic carbocycles. The number of fused-ring (bicyclic) bond motifs is 1. The number of nitrogens with zero attached hydrogens (tertiary/aromatic N) is 1. The molecule has 27 heavy (non-hydrogen) atoms. The number of ketones is 1. The summed E-state index contributed by atoms with van der Waals surface area (Å²) < 4.78 is 0. The van der Waals surface area contributed by atoms with Crippen LogP contribution < -0.4 is 5.32 Å². The number of amides is 3. The topological polar surface area (TPSA) is 82.3 Å². The Morgan fingerprint density at radius 1 is 1.30 bits per heavy atom. The van der Waals surface area contributed by atoms with E-state index in [1.54, 1.807) is 6.20 Å². The van der Waals surface area contributed by atoms with Crippen LogP contribution in [-0.2, 0) is 11.2 Å². The van der Waals surface area contributed by atoms with E-state index in [4.69, 9.17) is 0 Å². The zero-order valence-electron chi connectivity index (χ0n) is 15.8. The van der Waals surface area contributed by atoms with Crippen LogP contribution in [-0.4, -0.2) is 39.7 Å². The van der Waals surface area contributed by atoms with E-state index >= 15 is 0 Å². The number of rotatable bonds is 4. The van der Waals surface area contributed by atoms with Gasteiger partial charge in [-0.2, -0.15) is 0 Å². The summed E-state index contributed by atoms with van der Waals surface area (Å²) in [5, 5.41) is 3.74. The lowest BCUT2D eigenvalue weighted by Crippen LogP contribution is -2.54. The molecule has 4 rings (SSSR count). The Balaban J connectivity index is 1.60. The lowest BCUT2D eigenvalue weighted by Gasteiger charge is -2.36. The lowest BCUT2D eigenvalue weighted by atomic mass is 9.73. The number of nitrogens with one attached hydrogen (secondary N) is 2. The Bertz CT molecular complexity index is 932. The number of carbonyl (C=O) groups is 3. The number of Topliss-reactive ketones (excluding diaryl/α,β-unsaturated/α-hetero) is 1. The molecule has 3 amide bonds. The van der Waals surface area contributed by atoms with Crippen LogP contribution in [0.4, 0.5) is 4.79 Å². The second kappa shape index (κ2) is 6.51. The van der Waals surface area contributed by atoms with E-state index in [9.17, 15) is 14.4 Å². The predicted octanol–water partition coefficient (Wildman–Crippen LogP) is 3.41. The molecule has 1 saturated carbocycles. The molecule has 2 N–H and O–H groups in total. The van der Waals surface area contributed by atoms with Gasteiger partial charge in [0, 0.05) is 22.7 Å². The molecule has 6 nitrogen and oxygen atoms in total. The molecule has 1 aliphatic heterocycles. The largest absolute Gasteiger partial charge is 0.360 e. The normalized spacial score (nSPS) is 25.4.